The van der Waals surface area contributed by atoms with Crippen LogP contribution in [0.3, 0.4) is 0 Å². The third-order valence-corrected chi connectivity index (χ3v) is 3.47. The Balaban J connectivity index is 2.23. The number of nitrogens with zero attached hydrogens (tertiary/aromatic N) is 2. The summed E-state index contributed by atoms with van der Waals surface area (Å²) < 4.78 is 12.6. The van der Waals surface area contributed by atoms with Crippen molar-refractivity contribution in [3.05, 3.63) is 47.7 Å². The van der Waals surface area contributed by atoms with Crippen LogP contribution in [0.2, 0.25) is 5.02 Å². The van der Waals surface area contributed by atoms with Gasteiger partial charge >= 0.3 is 0 Å². The van der Waals surface area contributed by atoms with Gasteiger partial charge in [0, 0.05) is 17.8 Å². The Hall–Kier alpha value is -2.20. The number of aromatic nitrogens is 2. The predicted molar refractivity (Wildman–Crippen MR) is 78.7 cm³/mol. The number of ether oxygens (including phenoxy) is 2. The van der Waals surface area contributed by atoms with Crippen LogP contribution in [0.25, 0.3) is 16.9 Å². The number of halogens is 1. The fourth-order valence-corrected chi connectivity index (χ4v) is 2.40. The van der Waals surface area contributed by atoms with E-state index in [4.69, 9.17) is 21.1 Å². The maximum Gasteiger partial charge on any atom is 0.156 e. The van der Waals surface area contributed by atoms with E-state index in [0.717, 1.165) is 28.4 Å². The predicted octanol–water partition coefficient (Wildman–Crippen LogP) is 3.67. The Bertz CT molecular complexity index is 768. The summed E-state index contributed by atoms with van der Waals surface area (Å²) in [6.45, 7) is 0. The van der Waals surface area contributed by atoms with Gasteiger partial charge in [-0.1, -0.05) is 11.6 Å². The molecule has 5 heteroatoms. The number of hydrogen-bond acceptors (Lipinski definition) is 3. The first kappa shape index (κ1) is 12.8. The fourth-order valence-electron chi connectivity index (χ4n) is 2.19. The molecule has 0 atom stereocenters. The van der Waals surface area contributed by atoms with Gasteiger partial charge in [0.1, 0.15) is 11.5 Å². The van der Waals surface area contributed by atoms with Gasteiger partial charge in [0.25, 0.3) is 0 Å². The second-order valence-corrected chi connectivity index (χ2v) is 4.67. The molecule has 0 spiro atoms. The van der Waals surface area contributed by atoms with E-state index in [0.29, 0.717) is 5.02 Å². The second-order valence-electron chi connectivity index (χ2n) is 4.26. The first-order valence-electron chi connectivity index (χ1n) is 6.08. The van der Waals surface area contributed by atoms with Crippen LogP contribution in [0.4, 0.5) is 0 Å². The third kappa shape index (κ3) is 1.98. The van der Waals surface area contributed by atoms with Gasteiger partial charge in [-0.3, -0.25) is 4.40 Å². The molecule has 0 radical (unpaired) electrons. The molecule has 0 saturated carbocycles. The highest BCUT2D eigenvalue weighted by atomic mass is 35.5. The number of pyridine rings is 1. The average molecular weight is 289 g/mol. The quantitative estimate of drug-likeness (QED) is 0.738. The molecule has 0 bridgehead atoms. The Kier molecular flexibility index (Phi) is 3.24. The van der Waals surface area contributed by atoms with E-state index in [-0.39, 0.29) is 0 Å². The van der Waals surface area contributed by atoms with Gasteiger partial charge in [-0.2, -0.15) is 0 Å². The summed E-state index contributed by atoms with van der Waals surface area (Å²) in [5, 5.41) is 0.617. The lowest BCUT2D eigenvalue weighted by Crippen LogP contribution is -1.93. The molecule has 0 amide bonds. The van der Waals surface area contributed by atoms with Gasteiger partial charge < -0.3 is 9.47 Å². The van der Waals surface area contributed by atoms with Crippen molar-refractivity contribution in [1.82, 2.24) is 9.38 Å². The molecule has 20 heavy (non-hydrogen) atoms. The normalized spacial score (nSPS) is 10.8. The van der Waals surface area contributed by atoms with Crippen LogP contribution in [0, 0.1) is 0 Å². The van der Waals surface area contributed by atoms with Gasteiger partial charge in [0.05, 0.1) is 31.1 Å². The van der Waals surface area contributed by atoms with Crippen molar-refractivity contribution in [3.63, 3.8) is 0 Å². The van der Waals surface area contributed by atoms with Crippen LogP contribution >= 0.6 is 11.6 Å². The minimum absolute atomic E-state index is 0.617. The minimum atomic E-state index is 0.617. The zero-order valence-electron chi connectivity index (χ0n) is 11.1. The number of rotatable bonds is 3. The van der Waals surface area contributed by atoms with E-state index in [9.17, 15) is 0 Å². The fraction of sp³-hybridized carbons (Fsp3) is 0.133. The smallest absolute Gasteiger partial charge is 0.156 e. The molecule has 0 aliphatic heterocycles. The first-order chi connectivity index (χ1) is 9.74. The highest BCUT2D eigenvalue weighted by Crippen LogP contribution is 2.34. The Labute approximate surface area is 121 Å². The van der Waals surface area contributed by atoms with E-state index < -0.39 is 0 Å². The molecule has 0 unspecified atom stereocenters. The monoisotopic (exact) mass is 288 g/mol. The summed E-state index contributed by atoms with van der Waals surface area (Å²) in [5.74, 6) is 1.48. The summed E-state index contributed by atoms with van der Waals surface area (Å²) in [6, 6.07) is 9.39. The number of fused-ring (bicyclic) bond motifs is 1. The van der Waals surface area contributed by atoms with Gasteiger partial charge in [-0.25, -0.2) is 4.98 Å². The molecular formula is C15H13ClN2O2. The van der Waals surface area contributed by atoms with Crippen molar-refractivity contribution in [2.24, 2.45) is 0 Å². The summed E-state index contributed by atoms with van der Waals surface area (Å²) in [5.41, 5.74) is 2.58. The van der Waals surface area contributed by atoms with E-state index in [1.807, 2.05) is 40.9 Å². The molecule has 0 aliphatic carbocycles. The summed E-state index contributed by atoms with van der Waals surface area (Å²) in [7, 11) is 3.26. The van der Waals surface area contributed by atoms with Crippen LogP contribution in [0.5, 0.6) is 11.5 Å². The molecule has 2 aromatic heterocycles. The topological polar surface area (TPSA) is 35.8 Å². The van der Waals surface area contributed by atoms with Crippen LogP contribution in [-0.4, -0.2) is 23.6 Å². The highest BCUT2D eigenvalue weighted by Gasteiger charge is 2.13. The highest BCUT2D eigenvalue weighted by molar-refractivity contribution is 6.33. The Morgan fingerprint density at radius 3 is 2.75 bits per heavy atom. The zero-order chi connectivity index (χ0) is 14.1. The minimum Gasteiger partial charge on any atom is -0.497 e. The molecule has 0 saturated heterocycles. The van der Waals surface area contributed by atoms with E-state index in [2.05, 4.69) is 4.98 Å². The molecule has 0 aliphatic rings. The van der Waals surface area contributed by atoms with Crippen molar-refractivity contribution >= 4 is 17.2 Å². The molecule has 0 N–H and O–H groups in total. The lowest BCUT2D eigenvalue weighted by Gasteiger charge is -2.10. The number of benzene rings is 1. The summed E-state index contributed by atoms with van der Waals surface area (Å²) in [4.78, 5) is 4.36. The first-order valence-corrected chi connectivity index (χ1v) is 6.46. The zero-order valence-corrected chi connectivity index (χ0v) is 11.9. The van der Waals surface area contributed by atoms with Crippen LogP contribution in [0.1, 0.15) is 0 Å². The molecule has 3 rings (SSSR count). The number of imidazole rings is 1. The second kappa shape index (κ2) is 5.06. The molecule has 0 fully saturated rings. The SMILES string of the molecule is COc1ccc(-c2cnc3c(Cl)cccn23)c(OC)c1. The van der Waals surface area contributed by atoms with Crippen LogP contribution in [0.15, 0.2) is 42.7 Å². The van der Waals surface area contributed by atoms with Crippen LogP contribution in [-0.2, 0) is 0 Å². The van der Waals surface area contributed by atoms with Crippen molar-refractivity contribution in [2.45, 2.75) is 0 Å². The van der Waals surface area contributed by atoms with E-state index in [1.165, 1.54) is 0 Å². The van der Waals surface area contributed by atoms with E-state index in [1.54, 1.807) is 20.4 Å². The van der Waals surface area contributed by atoms with Gasteiger partial charge in [-0.05, 0) is 24.3 Å². The standard InChI is InChI=1S/C15H13ClN2O2/c1-19-10-5-6-11(14(8-10)20-2)13-9-17-15-12(16)4-3-7-18(13)15/h3-9H,1-2H3. The number of hydrogen-bond donors (Lipinski definition) is 0. The molecule has 3 aromatic rings. The summed E-state index contributed by atoms with van der Waals surface area (Å²) in [6.07, 6.45) is 3.71. The van der Waals surface area contributed by atoms with Gasteiger partial charge in [0.2, 0.25) is 0 Å². The molecular weight excluding hydrogens is 276 g/mol. The van der Waals surface area contributed by atoms with Crippen molar-refractivity contribution in [1.29, 1.82) is 0 Å². The number of methoxy groups -OCH3 is 2. The van der Waals surface area contributed by atoms with Crippen LogP contribution < -0.4 is 9.47 Å². The summed E-state index contributed by atoms with van der Waals surface area (Å²) >= 11 is 6.14. The Morgan fingerprint density at radius 1 is 1.15 bits per heavy atom. The average Bonchev–Trinajstić information content (AvgIpc) is 2.91. The molecule has 4 nitrogen and oxygen atoms in total. The molecule has 102 valence electrons. The van der Waals surface area contributed by atoms with Crippen molar-refractivity contribution < 1.29 is 9.47 Å². The van der Waals surface area contributed by atoms with Crippen molar-refractivity contribution in [3.8, 4) is 22.8 Å². The maximum absolute atomic E-state index is 6.14. The Morgan fingerprint density at radius 2 is 2.00 bits per heavy atom. The largest absolute Gasteiger partial charge is 0.497 e. The lowest BCUT2D eigenvalue weighted by atomic mass is 10.1. The van der Waals surface area contributed by atoms with Gasteiger partial charge in [0.15, 0.2) is 5.65 Å². The maximum atomic E-state index is 6.14. The molecule has 2 heterocycles. The molecule has 1 aromatic carbocycles. The van der Waals surface area contributed by atoms with Crippen molar-refractivity contribution in [2.75, 3.05) is 14.2 Å². The third-order valence-electron chi connectivity index (χ3n) is 3.17. The lowest BCUT2D eigenvalue weighted by molar-refractivity contribution is 0.395. The van der Waals surface area contributed by atoms with E-state index >= 15 is 0 Å². The van der Waals surface area contributed by atoms with Gasteiger partial charge in [-0.15, -0.1) is 0 Å².